The van der Waals surface area contributed by atoms with Crippen molar-refractivity contribution in [3.8, 4) is 0 Å². The number of hydrogen-bond donors (Lipinski definition) is 0. The molecule has 0 aromatic rings. The zero-order valence-electron chi connectivity index (χ0n) is 25.5. The molecule has 0 radical (unpaired) electrons. The molecule has 4 aliphatic rings. The predicted octanol–water partition coefficient (Wildman–Crippen LogP) is 10.4. The van der Waals surface area contributed by atoms with Crippen molar-refractivity contribution in [2.45, 2.75) is 186 Å². The molecule has 4 rings (SSSR count). The molecule has 0 N–H and O–H groups in total. The second-order valence-electron chi connectivity index (χ2n) is 13.7. The van der Waals surface area contributed by atoms with Crippen LogP contribution in [0.1, 0.15) is 168 Å². The smallest absolute Gasteiger partial charge is 0.187 e. The van der Waals surface area contributed by atoms with E-state index in [1.807, 2.05) is 0 Å². The van der Waals surface area contributed by atoms with Crippen LogP contribution in [-0.4, -0.2) is 30.8 Å². The van der Waals surface area contributed by atoms with Gasteiger partial charge in [0.15, 0.2) is 5.90 Å². The summed E-state index contributed by atoms with van der Waals surface area (Å²) in [6.07, 6.45) is 33.8. The molecule has 220 valence electrons. The normalized spacial score (nSPS) is 32.9. The van der Waals surface area contributed by atoms with Crippen LogP contribution in [0.15, 0.2) is 4.99 Å². The fourth-order valence-corrected chi connectivity index (χ4v) is 8.21. The number of unbranched alkanes of at least 4 members (excludes halogenated alkanes) is 12. The molecule has 0 spiro atoms. The van der Waals surface area contributed by atoms with Crippen LogP contribution in [0.3, 0.4) is 0 Å². The molecule has 1 aliphatic heterocycles. The Kier molecular flexibility index (Phi) is 13.8. The third-order valence-corrected chi connectivity index (χ3v) is 10.7. The summed E-state index contributed by atoms with van der Waals surface area (Å²) in [4.78, 5) is 5.24. The monoisotopic (exact) mass is 529 g/mol. The Hall–Kier alpha value is -0.570. The van der Waals surface area contributed by atoms with Crippen LogP contribution in [0.2, 0.25) is 0 Å². The lowest BCUT2D eigenvalue weighted by Gasteiger charge is -2.41. The van der Waals surface area contributed by atoms with E-state index in [9.17, 15) is 0 Å². The van der Waals surface area contributed by atoms with Gasteiger partial charge in [0, 0.05) is 12.5 Å². The average molecular weight is 530 g/mol. The van der Waals surface area contributed by atoms with E-state index >= 15 is 0 Å². The molecule has 7 unspecified atom stereocenters. The summed E-state index contributed by atoms with van der Waals surface area (Å²) in [6, 6.07) is 0.475. The maximum absolute atomic E-state index is 6.54. The van der Waals surface area contributed by atoms with Crippen LogP contribution in [0.4, 0.5) is 0 Å². The van der Waals surface area contributed by atoms with Crippen molar-refractivity contribution >= 4 is 5.90 Å². The van der Waals surface area contributed by atoms with E-state index in [0.29, 0.717) is 24.2 Å². The van der Waals surface area contributed by atoms with Gasteiger partial charge >= 0.3 is 0 Å². The van der Waals surface area contributed by atoms with Gasteiger partial charge in [-0.1, -0.05) is 104 Å². The summed E-state index contributed by atoms with van der Waals surface area (Å²) in [7, 11) is 0. The lowest BCUT2D eigenvalue weighted by Crippen LogP contribution is -2.36. The Labute approximate surface area is 236 Å². The second kappa shape index (κ2) is 17.3. The van der Waals surface area contributed by atoms with Crippen molar-refractivity contribution in [1.82, 2.24) is 0 Å². The van der Waals surface area contributed by atoms with Crippen molar-refractivity contribution in [1.29, 1.82) is 0 Å². The highest BCUT2D eigenvalue weighted by atomic mass is 16.5. The molecule has 3 aliphatic carbocycles. The lowest BCUT2D eigenvalue weighted by atomic mass is 9.67. The van der Waals surface area contributed by atoms with Gasteiger partial charge < -0.3 is 9.47 Å². The first-order valence-electron chi connectivity index (χ1n) is 17.6. The van der Waals surface area contributed by atoms with Crippen molar-refractivity contribution in [2.24, 2.45) is 28.7 Å². The highest BCUT2D eigenvalue weighted by Gasteiger charge is 2.42. The van der Waals surface area contributed by atoms with Crippen molar-refractivity contribution in [3.63, 3.8) is 0 Å². The van der Waals surface area contributed by atoms with Crippen LogP contribution in [0.25, 0.3) is 0 Å². The van der Waals surface area contributed by atoms with Gasteiger partial charge in [0.05, 0.1) is 12.1 Å². The number of nitrogens with zero attached hydrogens (tertiary/aromatic N) is 1. The largest absolute Gasteiger partial charge is 0.475 e. The minimum Gasteiger partial charge on any atom is -0.475 e. The van der Waals surface area contributed by atoms with Crippen LogP contribution in [-0.2, 0) is 9.47 Å². The van der Waals surface area contributed by atoms with Crippen molar-refractivity contribution in [3.05, 3.63) is 0 Å². The van der Waals surface area contributed by atoms with Crippen LogP contribution in [0, 0.1) is 23.7 Å². The summed E-state index contributed by atoms with van der Waals surface area (Å²) in [6.45, 7) is 5.60. The first kappa shape index (κ1) is 30.4. The molecular formula is C35H63NO2. The number of rotatable bonds is 18. The zero-order valence-corrected chi connectivity index (χ0v) is 25.5. The molecule has 0 bridgehead atoms. The maximum Gasteiger partial charge on any atom is 0.187 e. The zero-order chi connectivity index (χ0) is 26.4. The molecule has 3 nitrogen and oxygen atoms in total. The second-order valence-corrected chi connectivity index (χ2v) is 13.7. The molecule has 3 saturated carbocycles. The fraction of sp³-hybridized carbons (Fsp3) is 0.971. The van der Waals surface area contributed by atoms with Gasteiger partial charge in [0.25, 0.3) is 0 Å². The van der Waals surface area contributed by atoms with E-state index in [1.54, 1.807) is 0 Å². The number of hydrogen-bond acceptors (Lipinski definition) is 3. The first-order valence-corrected chi connectivity index (χ1v) is 17.6. The Balaban J connectivity index is 1.06. The maximum atomic E-state index is 6.54. The first-order chi connectivity index (χ1) is 18.8. The number of ether oxygens (including phenoxy) is 2. The summed E-state index contributed by atoms with van der Waals surface area (Å²) < 4.78 is 12.9. The van der Waals surface area contributed by atoms with Crippen LogP contribution in [0.5, 0.6) is 0 Å². The molecule has 0 aromatic heterocycles. The highest BCUT2D eigenvalue weighted by molar-refractivity contribution is 5.80. The van der Waals surface area contributed by atoms with E-state index in [1.165, 1.54) is 160 Å². The van der Waals surface area contributed by atoms with E-state index in [2.05, 4.69) is 13.8 Å². The topological polar surface area (TPSA) is 30.8 Å². The van der Waals surface area contributed by atoms with Crippen molar-refractivity contribution < 1.29 is 9.47 Å². The lowest BCUT2D eigenvalue weighted by molar-refractivity contribution is -0.0181. The fourth-order valence-electron chi connectivity index (χ4n) is 8.21. The summed E-state index contributed by atoms with van der Waals surface area (Å²) in [5, 5.41) is 0. The van der Waals surface area contributed by atoms with Crippen LogP contribution < -0.4 is 0 Å². The molecule has 38 heavy (non-hydrogen) atoms. The summed E-state index contributed by atoms with van der Waals surface area (Å²) >= 11 is 0. The molecule has 0 aromatic carbocycles. The minimum absolute atomic E-state index is 0.407. The molecule has 0 saturated heterocycles. The third-order valence-electron chi connectivity index (χ3n) is 10.7. The van der Waals surface area contributed by atoms with Crippen molar-refractivity contribution in [2.75, 3.05) is 6.61 Å². The van der Waals surface area contributed by atoms with Gasteiger partial charge in [0.1, 0.15) is 6.10 Å². The minimum atomic E-state index is 0.407. The highest BCUT2D eigenvalue weighted by Crippen LogP contribution is 2.45. The van der Waals surface area contributed by atoms with E-state index in [0.717, 1.165) is 24.4 Å². The Bertz CT molecular complexity index is 662. The molecule has 1 heterocycles. The van der Waals surface area contributed by atoms with Gasteiger partial charge in [-0.3, -0.25) is 0 Å². The van der Waals surface area contributed by atoms with Gasteiger partial charge in [0.2, 0.25) is 0 Å². The van der Waals surface area contributed by atoms with Gasteiger partial charge in [-0.05, 0) is 82.0 Å². The molecule has 3 fully saturated rings. The van der Waals surface area contributed by atoms with Gasteiger partial charge in [-0.25, -0.2) is 4.99 Å². The van der Waals surface area contributed by atoms with Gasteiger partial charge in [-0.2, -0.15) is 0 Å². The molecule has 7 atom stereocenters. The van der Waals surface area contributed by atoms with E-state index in [-0.39, 0.29) is 0 Å². The summed E-state index contributed by atoms with van der Waals surface area (Å²) in [5.74, 6) is 4.44. The number of fused-ring (bicyclic) bond motifs is 2. The van der Waals surface area contributed by atoms with Gasteiger partial charge in [-0.15, -0.1) is 0 Å². The number of aliphatic imine (C=N–C) groups is 1. The summed E-state index contributed by atoms with van der Waals surface area (Å²) in [5.41, 5.74) is 0. The standard InChI is InChI=1S/C35H63NO2/c1-3-5-7-9-10-11-12-13-14-16-24-37-32-22-21-29-26-31(20-19-30(29)27-32)35-36-33-25-28(17-15-8-6-4-2)18-23-34(33)38-35/h28-34H,3-27H2,1-2H3. The Morgan fingerprint density at radius 3 is 2.08 bits per heavy atom. The SMILES string of the molecule is CCCCCCCCCCCCOC1CCC2CC(C3=NC4CC(CCCCCC)CCC4O3)CCC2C1. The molecular weight excluding hydrogens is 466 g/mol. The molecule has 0 amide bonds. The quantitative estimate of drug-likeness (QED) is 0.165. The van der Waals surface area contributed by atoms with E-state index in [4.69, 9.17) is 14.5 Å². The Morgan fingerprint density at radius 1 is 0.658 bits per heavy atom. The molecule has 3 heteroatoms. The third kappa shape index (κ3) is 9.81. The average Bonchev–Trinajstić information content (AvgIpc) is 3.37. The van der Waals surface area contributed by atoms with Crippen LogP contribution >= 0.6 is 0 Å². The van der Waals surface area contributed by atoms with E-state index < -0.39 is 0 Å². The predicted molar refractivity (Wildman–Crippen MR) is 162 cm³/mol. The Morgan fingerprint density at radius 2 is 1.32 bits per heavy atom.